The Hall–Kier alpha value is -2.60. The summed E-state index contributed by atoms with van der Waals surface area (Å²) in [4.78, 5) is 29.3. The SMILES string of the molecule is Cc1ccccc1[C@H]1c2cccn2CCN1C(=O)CC(=O)N1CCOCC1. The molecular weight excluding hydrogens is 342 g/mol. The maximum atomic E-state index is 13.1. The Labute approximate surface area is 159 Å². The minimum atomic E-state index is -0.153. The molecule has 2 aromatic rings. The van der Waals surface area contributed by atoms with Crippen LogP contribution in [0, 0.1) is 6.92 Å². The molecule has 0 N–H and O–H groups in total. The Morgan fingerprint density at radius 2 is 1.78 bits per heavy atom. The van der Waals surface area contributed by atoms with E-state index in [0.29, 0.717) is 32.8 Å². The van der Waals surface area contributed by atoms with Crippen LogP contribution in [0.5, 0.6) is 0 Å². The van der Waals surface area contributed by atoms with Gasteiger partial charge in [-0.1, -0.05) is 24.3 Å². The topological polar surface area (TPSA) is 54.8 Å². The second-order valence-corrected chi connectivity index (χ2v) is 7.14. The minimum Gasteiger partial charge on any atom is -0.378 e. The highest BCUT2D eigenvalue weighted by molar-refractivity contribution is 5.97. The summed E-state index contributed by atoms with van der Waals surface area (Å²) in [5.74, 6) is -0.208. The van der Waals surface area contributed by atoms with Crippen LogP contribution in [0.1, 0.15) is 29.3 Å². The molecule has 0 aliphatic carbocycles. The molecule has 6 nitrogen and oxygen atoms in total. The van der Waals surface area contributed by atoms with E-state index in [-0.39, 0.29) is 24.3 Å². The zero-order chi connectivity index (χ0) is 18.8. The van der Waals surface area contributed by atoms with Gasteiger partial charge in [-0.05, 0) is 30.2 Å². The summed E-state index contributed by atoms with van der Waals surface area (Å²) in [6, 6.07) is 12.1. The standard InChI is InChI=1S/C21H25N3O3/c1-16-5-2-3-6-17(16)21-18-7-4-8-22(18)9-10-24(21)20(26)15-19(25)23-11-13-27-14-12-23/h2-8,21H,9-15H2,1H3/t21-/m0/s1. The third kappa shape index (κ3) is 3.49. The molecule has 0 unspecified atom stereocenters. The molecule has 0 saturated carbocycles. The predicted molar refractivity (Wildman–Crippen MR) is 101 cm³/mol. The number of carbonyl (C=O) groups excluding carboxylic acids is 2. The van der Waals surface area contributed by atoms with Crippen molar-refractivity contribution < 1.29 is 14.3 Å². The molecule has 1 saturated heterocycles. The van der Waals surface area contributed by atoms with Crippen LogP contribution in [0.3, 0.4) is 0 Å². The second kappa shape index (κ2) is 7.56. The van der Waals surface area contributed by atoms with Crippen molar-refractivity contribution >= 4 is 11.8 Å². The van der Waals surface area contributed by atoms with Gasteiger partial charge in [-0.3, -0.25) is 9.59 Å². The summed E-state index contributed by atoms with van der Waals surface area (Å²) in [5, 5.41) is 0. The van der Waals surface area contributed by atoms with Gasteiger partial charge in [-0.2, -0.15) is 0 Å². The van der Waals surface area contributed by atoms with Crippen LogP contribution in [0.2, 0.25) is 0 Å². The first-order valence-corrected chi connectivity index (χ1v) is 9.50. The lowest BCUT2D eigenvalue weighted by Crippen LogP contribution is -2.46. The van der Waals surface area contributed by atoms with E-state index in [1.807, 2.05) is 23.1 Å². The van der Waals surface area contributed by atoms with Gasteiger partial charge in [0.15, 0.2) is 0 Å². The van der Waals surface area contributed by atoms with Crippen LogP contribution < -0.4 is 0 Å². The number of nitrogens with zero attached hydrogens (tertiary/aromatic N) is 3. The molecule has 1 aromatic heterocycles. The average Bonchev–Trinajstić information content (AvgIpc) is 3.17. The zero-order valence-electron chi connectivity index (χ0n) is 15.6. The first-order chi connectivity index (χ1) is 13.1. The van der Waals surface area contributed by atoms with E-state index in [1.54, 1.807) is 4.90 Å². The largest absolute Gasteiger partial charge is 0.378 e. The first-order valence-electron chi connectivity index (χ1n) is 9.50. The highest BCUT2D eigenvalue weighted by atomic mass is 16.5. The summed E-state index contributed by atoms with van der Waals surface area (Å²) in [6.45, 7) is 5.65. The van der Waals surface area contributed by atoms with Gasteiger partial charge < -0.3 is 19.1 Å². The molecule has 1 aromatic carbocycles. The maximum absolute atomic E-state index is 13.1. The smallest absolute Gasteiger partial charge is 0.232 e. The summed E-state index contributed by atoms with van der Waals surface area (Å²) in [6.07, 6.45) is 1.98. The first kappa shape index (κ1) is 17.8. The molecule has 1 fully saturated rings. The lowest BCUT2D eigenvalue weighted by Gasteiger charge is -2.38. The van der Waals surface area contributed by atoms with Crippen LogP contribution in [0.15, 0.2) is 42.6 Å². The van der Waals surface area contributed by atoms with Crippen LogP contribution in [0.25, 0.3) is 0 Å². The monoisotopic (exact) mass is 367 g/mol. The number of ether oxygens (including phenoxy) is 1. The molecule has 142 valence electrons. The van der Waals surface area contributed by atoms with E-state index in [0.717, 1.165) is 23.4 Å². The number of aryl methyl sites for hydroxylation is 1. The quantitative estimate of drug-likeness (QED) is 0.780. The van der Waals surface area contributed by atoms with Crippen molar-refractivity contribution in [3.05, 3.63) is 59.4 Å². The van der Waals surface area contributed by atoms with Crippen LogP contribution in [-0.4, -0.2) is 59.0 Å². The van der Waals surface area contributed by atoms with Crippen molar-refractivity contribution in [2.75, 3.05) is 32.8 Å². The van der Waals surface area contributed by atoms with Gasteiger partial charge in [-0.15, -0.1) is 0 Å². The molecule has 2 aliphatic heterocycles. The lowest BCUT2D eigenvalue weighted by molar-refractivity contribution is -0.144. The van der Waals surface area contributed by atoms with Gasteiger partial charge in [0.25, 0.3) is 0 Å². The molecule has 3 heterocycles. The highest BCUT2D eigenvalue weighted by Gasteiger charge is 2.34. The molecule has 1 atom stereocenters. The molecule has 2 aliphatic rings. The number of benzene rings is 1. The molecule has 6 heteroatoms. The van der Waals surface area contributed by atoms with Gasteiger partial charge in [0.2, 0.25) is 11.8 Å². The molecule has 2 amide bonds. The second-order valence-electron chi connectivity index (χ2n) is 7.14. The fourth-order valence-electron chi connectivity index (χ4n) is 4.03. The third-order valence-electron chi connectivity index (χ3n) is 5.51. The van der Waals surface area contributed by atoms with Crippen molar-refractivity contribution in [1.29, 1.82) is 0 Å². The molecule has 0 spiro atoms. The molecule has 0 bridgehead atoms. The van der Waals surface area contributed by atoms with E-state index in [2.05, 4.69) is 35.9 Å². The number of carbonyl (C=O) groups is 2. The fourth-order valence-corrected chi connectivity index (χ4v) is 4.03. The predicted octanol–water partition coefficient (Wildman–Crippen LogP) is 1.98. The van der Waals surface area contributed by atoms with Crippen molar-refractivity contribution in [3.63, 3.8) is 0 Å². The van der Waals surface area contributed by atoms with E-state index in [9.17, 15) is 9.59 Å². The van der Waals surface area contributed by atoms with Crippen LogP contribution in [-0.2, 0) is 20.9 Å². The Kier molecular flexibility index (Phi) is 4.99. The molecule has 27 heavy (non-hydrogen) atoms. The minimum absolute atomic E-state index is 0.0803. The molecule has 4 rings (SSSR count). The normalized spacial score (nSPS) is 19.7. The number of morpholine rings is 1. The summed E-state index contributed by atoms with van der Waals surface area (Å²) in [5.41, 5.74) is 3.36. The summed E-state index contributed by atoms with van der Waals surface area (Å²) < 4.78 is 7.50. The third-order valence-corrected chi connectivity index (χ3v) is 5.51. The van der Waals surface area contributed by atoms with Crippen molar-refractivity contribution in [2.24, 2.45) is 0 Å². The van der Waals surface area contributed by atoms with Gasteiger partial charge >= 0.3 is 0 Å². The zero-order valence-corrected chi connectivity index (χ0v) is 15.6. The van der Waals surface area contributed by atoms with E-state index in [1.165, 1.54) is 0 Å². The Balaban J connectivity index is 1.59. The Morgan fingerprint density at radius 1 is 1.00 bits per heavy atom. The summed E-state index contributed by atoms with van der Waals surface area (Å²) >= 11 is 0. The van der Waals surface area contributed by atoms with Gasteiger partial charge in [-0.25, -0.2) is 0 Å². The molecule has 0 radical (unpaired) electrons. The average molecular weight is 367 g/mol. The highest BCUT2D eigenvalue weighted by Crippen LogP contribution is 2.34. The van der Waals surface area contributed by atoms with Gasteiger partial charge in [0, 0.05) is 38.1 Å². The van der Waals surface area contributed by atoms with Crippen molar-refractivity contribution in [1.82, 2.24) is 14.4 Å². The van der Waals surface area contributed by atoms with Gasteiger partial charge in [0.1, 0.15) is 6.42 Å². The lowest BCUT2D eigenvalue weighted by atomic mass is 9.95. The van der Waals surface area contributed by atoms with Gasteiger partial charge in [0.05, 0.1) is 19.3 Å². The fraction of sp³-hybridized carbons (Fsp3) is 0.429. The Bertz CT molecular complexity index is 839. The summed E-state index contributed by atoms with van der Waals surface area (Å²) in [7, 11) is 0. The van der Waals surface area contributed by atoms with Crippen LogP contribution >= 0.6 is 0 Å². The number of aromatic nitrogens is 1. The van der Waals surface area contributed by atoms with Crippen molar-refractivity contribution in [2.45, 2.75) is 25.9 Å². The van der Waals surface area contributed by atoms with Crippen molar-refractivity contribution in [3.8, 4) is 0 Å². The van der Waals surface area contributed by atoms with Crippen LogP contribution in [0.4, 0.5) is 0 Å². The number of amides is 2. The number of rotatable bonds is 3. The number of fused-ring (bicyclic) bond motifs is 1. The molecular formula is C21H25N3O3. The van der Waals surface area contributed by atoms with E-state index >= 15 is 0 Å². The van der Waals surface area contributed by atoms with E-state index in [4.69, 9.17) is 4.74 Å². The Morgan fingerprint density at radius 3 is 2.56 bits per heavy atom. The number of hydrogen-bond acceptors (Lipinski definition) is 3. The van der Waals surface area contributed by atoms with E-state index < -0.39 is 0 Å². The number of hydrogen-bond donors (Lipinski definition) is 0. The maximum Gasteiger partial charge on any atom is 0.232 e.